The molecule has 0 aliphatic heterocycles. The minimum atomic E-state index is -0.322. The summed E-state index contributed by atoms with van der Waals surface area (Å²) in [6.45, 7) is 2.35. The summed E-state index contributed by atoms with van der Waals surface area (Å²) in [5, 5.41) is 9.39. The Bertz CT molecular complexity index is 482. The van der Waals surface area contributed by atoms with Crippen molar-refractivity contribution in [1.29, 1.82) is 5.26 Å². The average molecular weight is 285 g/mol. The van der Waals surface area contributed by atoms with Gasteiger partial charge in [-0.25, -0.2) is 0 Å². The van der Waals surface area contributed by atoms with E-state index in [1.807, 2.05) is 11.9 Å². The molecule has 0 radical (unpaired) electrons. The van der Waals surface area contributed by atoms with Gasteiger partial charge in [0.15, 0.2) is 5.78 Å². The van der Waals surface area contributed by atoms with Crippen molar-refractivity contribution in [3.8, 4) is 6.07 Å². The van der Waals surface area contributed by atoms with E-state index in [-0.39, 0.29) is 11.8 Å². The second-order valence-corrected chi connectivity index (χ2v) is 4.90. The fraction of sp³-hybridized carbons (Fsp3) is 0.385. The Kier molecular flexibility index (Phi) is 5.61. The van der Waals surface area contributed by atoms with Crippen molar-refractivity contribution in [2.24, 2.45) is 0 Å². The third-order valence-electron chi connectivity index (χ3n) is 2.81. The highest BCUT2D eigenvalue weighted by Gasteiger charge is 2.21. The van der Waals surface area contributed by atoms with Crippen molar-refractivity contribution < 1.29 is 4.79 Å². The second-order valence-electron chi connectivity index (χ2n) is 4.05. The van der Waals surface area contributed by atoms with Crippen LogP contribution in [0.15, 0.2) is 18.2 Å². The lowest BCUT2D eigenvalue weighted by Crippen LogP contribution is -2.36. The minimum Gasteiger partial charge on any atom is -0.296 e. The molecule has 0 heterocycles. The van der Waals surface area contributed by atoms with Gasteiger partial charge in [-0.1, -0.05) is 23.2 Å². The fourth-order valence-corrected chi connectivity index (χ4v) is 2.04. The summed E-state index contributed by atoms with van der Waals surface area (Å²) in [4.78, 5) is 14.1. The zero-order chi connectivity index (χ0) is 13.7. The Labute approximate surface area is 117 Å². The molecule has 18 heavy (non-hydrogen) atoms. The number of ketones is 1. The van der Waals surface area contributed by atoms with Crippen LogP contribution in [-0.4, -0.2) is 30.3 Å². The van der Waals surface area contributed by atoms with Crippen molar-refractivity contribution in [3.05, 3.63) is 33.8 Å². The van der Waals surface area contributed by atoms with Gasteiger partial charge in [-0.3, -0.25) is 9.69 Å². The summed E-state index contributed by atoms with van der Waals surface area (Å²) in [5.74, 6) is -0.0721. The first-order chi connectivity index (χ1) is 8.47. The molecule has 1 unspecified atom stereocenters. The molecule has 0 amide bonds. The Morgan fingerprint density at radius 1 is 1.50 bits per heavy atom. The summed E-state index contributed by atoms with van der Waals surface area (Å²) in [7, 11) is 1.81. The number of likely N-dealkylation sites (N-methyl/N-ethyl adjacent to an activating group) is 1. The molecule has 0 spiro atoms. The predicted octanol–water partition coefficient (Wildman–Crippen LogP) is 3.41. The van der Waals surface area contributed by atoms with Gasteiger partial charge in [0.05, 0.1) is 17.1 Å². The van der Waals surface area contributed by atoms with E-state index in [1.54, 1.807) is 25.1 Å². The molecule has 0 aromatic heterocycles. The molecule has 1 rings (SSSR count). The van der Waals surface area contributed by atoms with Crippen LogP contribution < -0.4 is 0 Å². The highest BCUT2D eigenvalue weighted by molar-refractivity contribution is 6.37. The largest absolute Gasteiger partial charge is 0.296 e. The van der Waals surface area contributed by atoms with Crippen molar-refractivity contribution in [2.75, 3.05) is 13.6 Å². The third kappa shape index (κ3) is 3.71. The van der Waals surface area contributed by atoms with Crippen LogP contribution in [-0.2, 0) is 0 Å². The van der Waals surface area contributed by atoms with Crippen molar-refractivity contribution in [1.82, 2.24) is 4.90 Å². The Morgan fingerprint density at radius 3 is 2.72 bits per heavy atom. The minimum absolute atomic E-state index is 0.0721. The van der Waals surface area contributed by atoms with E-state index in [1.165, 1.54) is 0 Å². The second kappa shape index (κ2) is 6.75. The average Bonchev–Trinajstić information content (AvgIpc) is 2.34. The molecule has 0 saturated carbocycles. The number of hydrogen-bond donors (Lipinski definition) is 0. The molecule has 0 N–H and O–H groups in total. The van der Waals surface area contributed by atoms with E-state index < -0.39 is 0 Å². The lowest BCUT2D eigenvalue weighted by molar-refractivity contribution is 0.0871. The molecular weight excluding hydrogens is 271 g/mol. The zero-order valence-electron chi connectivity index (χ0n) is 10.3. The van der Waals surface area contributed by atoms with Gasteiger partial charge in [0.1, 0.15) is 0 Å². The molecule has 96 valence electrons. The summed E-state index contributed by atoms with van der Waals surface area (Å²) in [6.07, 6.45) is 0.391. The van der Waals surface area contributed by atoms with Crippen LogP contribution >= 0.6 is 23.2 Å². The Balaban J connectivity index is 2.83. The monoisotopic (exact) mass is 284 g/mol. The molecule has 5 heteroatoms. The smallest absolute Gasteiger partial charge is 0.181 e. The molecule has 0 aliphatic rings. The number of Topliss-reactive ketones (excluding diaryl/α,β-unsaturated/α-hetero) is 1. The zero-order valence-corrected chi connectivity index (χ0v) is 11.8. The lowest BCUT2D eigenvalue weighted by Gasteiger charge is -2.22. The van der Waals surface area contributed by atoms with Crippen LogP contribution in [0.1, 0.15) is 23.7 Å². The first kappa shape index (κ1) is 15.0. The maximum Gasteiger partial charge on any atom is 0.181 e. The van der Waals surface area contributed by atoms with Gasteiger partial charge in [0.25, 0.3) is 0 Å². The lowest BCUT2D eigenvalue weighted by atomic mass is 10.0. The normalized spacial score (nSPS) is 12.2. The van der Waals surface area contributed by atoms with Crippen LogP contribution in [0, 0.1) is 11.3 Å². The van der Waals surface area contributed by atoms with Crippen LogP contribution in [0.25, 0.3) is 0 Å². The van der Waals surface area contributed by atoms with Gasteiger partial charge in [-0.15, -0.1) is 0 Å². The number of benzene rings is 1. The van der Waals surface area contributed by atoms with Crippen LogP contribution in [0.4, 0.5) is 0 Å². The van der Waals surface area contributed by atoms with Gasteiger partial charge in [-0.05, 0) is 32.2 Å². The van der Waals surface area contributed by atoms with Crippen LogP contribution in [0.3, 0.4) is 0 Å². The fourth-order valence-electron chi connectivity index (χ4n) is 1.53. The van der Waals surface area contributed by atoms with Crippen LogP contribution in [0.5, 0.6) is 0 Å². The number of hydrogen-bond acceptors (Lipinski definition) is 3. The van der Waals surface area contributed by atoms with Crippen molar-refractivity contribution >= 4 is 29.0 Å². The van der Waals surface area contributed by atoms with Gasteiger partial charge in [-0.2, -0.15) is 5.26 Å². The van der Waals surface area contributed by atoms with E-state index >= 15 is 0 Å². The van der Waals surface area contributed by atoms with E-state index in [9.17, 15) is 4.79 Å². The van der Waals surface area contributed by atoms with Gasteiger partial charge in [0.2, 0.25) is 0 Å². The summed E-state index contributed by atoms with van der Waals surface area (Å²) >= 11 is 11.8. The standard InChI is InChI=1S/C13H14Cl2N2O/c1-9(17(2)7-3-6-16)13(18)11-5-4-10(14)8-12(11)15/h4-5,8-9H,3,7H2,1-2H3. The number of carbonyl (C=O) groups excluding carboxylic acids is 1. The SMILES string of the molecule is CC(C(=O)c1ccc(Cl)cc1Cl)N(C)CCC#N. The maximum atomic E-state index is 12.2. The molecule has 1 aromatic carbocycles. The van der Waals surface area contributed by atoms with Crippen molar-refractivity contribution in [2.45, 2.75) is 19.4 Å². The predicted molar refractivity (Wildman–Crippen MR) is 73.1 cm³/mol. The maximum absolute atomic E-state index is 12.2. The first-order valence-electron chi connectivity index (χ1n) is 5.53. The number of rotatable bonds is 5. The molecular formula is C13H14Cl2N2O. The molecule has 1 aromatic rings. The molecule has 0 fully saturated rings. The topological polar surface area (TPSA) is 44.1 Å². The highest BCUT2D eigenvalue weighted by atomic mass is 35.5. The molecule has 3 nitrogen and oxygen atoms in total. The number of carbonyl (C=O) groups is 1. The van der Waals surface area contributed by atoms with Gasteiger partial charge < -0.3 is 0 Å². The number of halogens is 2. The van der Waals surface area contributed by atoms with E-state index in [4.69, 9.17) is 28.5 Å². The molecule has 0 bridgehead atoms. The van der Waals surface area contributed by atoms with Gasteiger partial charge >= 0.3 is 0 Å². The third-order valence-corrected chi connectivity index (χ3v) is 3.36. The number of nitriles is 1. The van der Waals surface area contributed by atoms with E-state index in [0.717, 1.165) is 0 Å². The molecule has 0 aliphatic carbocycles. The number of nitrogens with zero attached hydrogens (tertiary/aromatic N) is 2. The summed E-state index contributed by atoms with van der Waals surface area (Å²) in [5.41, 5.74) is 0.456. The first-order valence-corrected chi connectivity index (χ1v) is 6.29. The summed E-state index contributed by atoms with van der Waals surface area (Å²) in [6, 6.07) is 6.55. The van der Waals surface area contributed by atoms with Crippen molar-refractivity contribution in [3.63, 3.8) is 0 Å². The van der Waals surface area contributed by atoms with E-state index in [2.05, 4.69) is 6.07 Å². The highest BCUT2D eigenvalue weighted by Crippen LogP contribution is 2.23. The summed E-state index contributed by atoms with van der Waals surface area (Å²) < 4.78 is 0. The Morgan fingerprint density at radius 2 is 2.17 bits per heavy atom. The van der Waals surface area contributed by atoms with E-state index in [0.29, 0.717) is 28.6 Å². The quantitative estimate of drug-likeness (QED) is 0.779. The van der Waals surface area contributed by atoms with Crippen LogP contribution in [0.2, 0.25) is 10.0 Å². The Hall–Kier alpha value is -1.08. The molecule has 1 atom stereocenters. The van der Waals surface area contributed by atoms with Gasteiger partial charge in [0, 0.05) is 23.6 Å². The molecule has 0 saturated heterocycles.